The monoisotopic (exact) mass is 444 g/mol. The molecule has 2 aromatic rings. The van der Waals surface area contributed by atoms with Gasteiger partial charge in [-0.15, -0.1) is 0 Å². The van der Waals surface area contributed by atoms with Crippen LogP contribution in [0.25, 0.3) is 0 Å². The minimum atomic E-state index is -3.66. The van der Waals surface area contributed by atoms with Crippen molar-refractivity contribution in [2.75, 3.05) is 25.0 Å². The highest BCUT2D eigenvalue weighted by molar-refractivity contribution is 7.89. The summed E-state index contributed by atoms with van der Waals surface area (Å²) in [6.07, 6.45) is 1.20. The van der Waals surface area contributed by atoms with Gasteiger partial charge in [-0.3, -0.25) is 4.79 Å². The van der Waals surface area contributed by atoms with Crippen LogP contribution in [0.4, 0.5) is 5.69 Å². The van der Waals surface area contributed by atoms with Gasteiger partial charge >= 0.3 is 5.97 Å². The van der Waals surface area contributed by atoms with Crippen LogP contribution in [0.1, 0.15) is 41.3 Å². The summed E-state index contributed by atoms with van der Waals surface area (Å²) in [5.74, 6) is -1.18. The standard InChI is InChI=1S/C23H28N2O5S/c1-4-30-23(27)18-10-9-17(3)21(14-18)24-22(26)19-6-5-13-25(15-19)31(28,29)20-11-7-16(2)8-12-20/h7-12,14,19H,4-6,13,15H2,1-3H3,(H,24,26)/t19-/m1/s1. The third kappa shape index (κ3) is 5.32. The summed E-state index contributed by atoms with van der Waals surface area (Å²) in [4.78, 5) is 25.2. The van der Waals surface area contributed by atoms with E-state index in [1.54, 1.807) is 49.4 Å². The van der Waals surface area contributed by atoms with Gasteiger partial charge in [0.1, 0.15) is 0 Å². The number of carbonyl (C=O) groups excluding carboxylic acids is 2. The molecule has 7 nitrogen and oxygen atoms in total. The molecule has 8 heteroatoms. The van der Waals surface area contributed by atoms with Crippen molar-refractivity contribution in [3.8, 4) is 0 Å². The van der Waals surface area contributed by atoms with E-state index in [4.69, 9.17) is 4.74 Å². The van der Waals surface area contributed by atoms with Crippen LogP contribution in [-0.4, -0.2) is 44.3 Å². The predicted molar refractivity (Wildman–Crippen MR) is 118 cm³/mol. The molecule has 31 heavy (non-hydrogen) atoms. The molecular weight excluding hydrogens is 416 g/mol. The Labute approximate surface area is 183 Å². The van der Waals surface area contributed by atoms with E-state index in [2.05, 4.69) is 5.32 Å². The molecule has 1 N–H and O–H groups in total. The van der Waals surface area contributed by atoms with Gasteiger partial charge in [0.25, 0.3) is 0 Å². The molecule has 1 aliphatic rings. The maximum absolute atomic E-state index is 13.0. The first-order chi connectivity index (χ1) is 14.7. The number of piperidine rings is 1. The molecule has 0 bridgehead atoms. The molecule has 1 saturated heterocycles. The quantitative estimate of drug-likeness (QED) is 0.688. The van der Waals surface area contributed by atoms with Crippen molar-refractivity contribution in [2.24, 2.45) is 5.92 Å². The zero-order valence-electron chi connectivity index (χ0n) is 18.1. The average Bonchev–Trinajstić information content (AvgIpc) is 2.75. The number of carbonyl (C=O) groups is 2. The molecular formula is C23H28N2O5S. The van der Waals surface area contributed by atoms with E-state index in [9.17, 15) is 18.0 Å². The van der Waals surface area contributed by atoms with Crippen LogP contribution in [0.15, 0.2) is 47.4 Å². The van der Waals surface area contributed by atoms with Gasteiger partial charge < -0.3 is 10.1 Å². The lowest BCUT2D eigenvalue weighted by molar-refractivity contribution is -0.120. The van der Waals surface area contributed by atoms with Crippen molar-refractivity contribution in [1.82, 2.24) is 4.31 Å². The number of anilines is 1. The molecule has 0 aromatic heterocycles. The number of sulfonamides is 1. The lowest BCUT2D eigenvalue weighted by atomic mass is 9.98. The third-order valence-corrected chi connectivity index (χ3v) is 7.30. The fraction of sp³-hybridized carbons (Fsp3) is 0.391. The van der Waals surface area contributed by atoms with Crippen molar-refractivity contribution >= 4 is 27.6 Å². The predicted octanol–water partition coefficient (Wildman–Crippen LogP) is 3.52. The first-order valence-electron chi connectivity index (χ1n) is 10.4. The highest BCUT2D eigenvalue weighted by atomic mass is 32.2. The van der Waals surface area contributed by atoms with Gasteiger partial charge in [-0.25, -0.2) is 13.2 Å². The SMILES string of the molecule is CCOC(=O)c1ccc(C)c(NC(=O)[C@@H]2CCCN(S(=O)(=O)c3ccc(C)cc3)C2)c1. The summed E-state index contributed by atoms with van der Waals surface area (Å²) in [7, 11) is -3.66. The second kappa shape index (κ2) is 9.62. The van der Waals surface area contributed by atoms with Crippen LogP contribution >= 0.6 is 0 Å². The van der Waals surface area contributed by atoms with Crippen molar-refractivity contribution in [3.05, 3.63) is 59.2 Å². The topological polar surface area (TPSA) is 92.8 Å². The molecule has 0 aliphatic carbocycles. The maximum Gasteiger partial charge on any atom is 0.338 e. The molecule has 3 rings (SSSR count). The van der Waals surface area contributed by atoms with Gasteiger partial charge in [0.15, 0.2) is 0 Å². The van der Waals surface area contributed by atoms with E-state index in [0.29, 0.717) is 30.6 Å². The lowest BCUT2D eigenvalue weighted by Crippen LogP contribution is -2.43. The summed E-state index contributed by atoms with van der Waals surface area (Å²) in [6.45, 7) is 6.24. The zero-order chi connectivity index (χ0) is 22.6. The molecule has 166 valence electrons. The molecule has 0 radical (unpaired) electrons. The molecule has 0 saturated carbocycles. The van der Waals surface area contributed by atoms with E-state index < -0.39 is 21.9 Å². The highest BCUT2D eigenvalue weighted by Crippen LogP contribution is 2.26. The largest absolute Gasteiger partial charge is 0.462 e. The van der Waals surface area contributed by atoms with Crippen molar-refractivity contribution in [1.29, 1.82) is 0 Å². The number of nitrogens with one attached hydrogen (secondary N) is 1. The number of rotatable bonds is 6. The highest BCUT2D eigenvalue weighted by Gasteiger charge is 2.33. The number of esters is 1. The molecule has 1 amide bonds. The van der Waals surface area contributed by atoms with Gasteiger partial charge in [0.2, 0.25) is 15.9 Å². The summed E-state index contributed by atoms with van der Waals surface area (Å²) in [6, 6.07) is 11.7. The molecule has 1 heterocycles. The Morgan fingerprint density at radius 1 is 1.13 bits per heavy atom. The Morgan fingerprint density at radius 2 is 1.84 bits per heavy atom. The lowest BCUT2D eigenvalue weighted by Gasteiger charge is -2.31. The van der Waals surface area contributed by atoms with Crippen molar-refractivity contribution < 1.29 is 22.7 Å². The van der Waals surface area contributed by atoms with Gasteiger partial charge in [-0.1, -0.05) is 23.8 Å². The number of aryl methyl sites for hydroxylation is 2. The minimum Gasteiger partial charge on any atom is -0.462 e. The average molecular weight is 445 g/mol. The molecule has 0 spiro atoms. The number of nitrogens with zero attached hydrogens (tertiary/aromatic N) is 1. The molecule has 0 unspecified atom stereocenters. The smallest absolute Gasteiger partial charge is 0.338 e. The van der Waals surface area contributed by atoms with Crippen molar-refractivity contribution in [3.63, 3.8) is 0 Å². The van der Waals surface area contributed by atoms with Crippen LogP contribution in [0.5, 0.6) is 0 Å². The van der Waals surface area contributed by atoms with E-state index in [1.165, 1.54) is 4.31 Å². The summed E-state index contributed by atoms with van der Waals surface area (Å²) < 4.78 is 32.4. The van der Waals surface area contributed by atoms with Crippen LogP contribution < -0.4 is 5.32 Å². The Bertz CT molecular complexity index is 1060. The normalized spacial score (nSPS) is 17.2. The number of hydrogen-bond donors (Lipinski definition) is 1. The minimum absolute atomic E-state index is 0.124. The van der Waals surface area contributed by atoms with Gasteiger partial charge in [-0.2, -0.15) is 4.31 Å². The number of hydrogen-bond acceptors (Lipinski definition) is 5. The first-order valence-corrected chi connectivity index (χ1v) is 11.8. The second-order valence-corrected chi connectivity index (χ2v) is 9.69. The zero-order valence-corrected chi connectivity index (χ0v) is 18.9. The van der Waals surface area contributed by atoms with E-state index in [-0.39, 0.29) is 24.0 Å². The summed E-state index contributed by atoms with van der Waals surface area (Å²) in [5.41, 5.74) is 2.67. The van der Waals surface area contributed by atoms with Crippen LogP contribution in [-0.2, 0) is 19.6 Å². The summed E-state index contributed by atoms with van der Waals surface area (Å²) in [5, 5.41) is 2.87. The number of benzene rings is 2. The Kier molecular flexibility index (Phi) is 7.12. The van der Waals surface area contributed by atoms with E-state index in [0.717, 1.165) is 11.1 Å². The third-order valence-electron chi connectivity index (χ3n) is 5.42. The number of amides is 1. The van der Waals surface area contributed by atoms with Gasteiger partial charge in [0.05, 0.1) is 23.0 Å². The van der Waals surface area contributed by atoms with Gasteiger partial charge in [-0.05, 0) is 63.4 Å². The Balaban J connectivity index is 1.73. The molecule has 1 fully saturated rings. The molecule has 2 aromatic carbocycles. The van der Waals surface area contributed by atoms with Crippen LogP contribution in [0.3, 0.4) is 0 Å². The Hall–Kier alpha value is -2.71. The Morgan fingerprint density at radius 3 is 2.52 bits per heavy atom. The second-order valence-electron chi connectivity index (χ2n) is 7.75. The summed E-state index contributed by atoms with van der Waals surface area (Å²) >= 11 is 0. The van der Waals surface area contributed by atoms with Crippen molar-refractivity contribution in [2.45, 2.75) is 38.5 Å². The maximum atomic E-state index is 13.0. The fourth-order valence-corrected chi connectivity index (χ4v) is 5.09. The fourth-order valence-electron chi connectivity index (χ4n) is 3.57. The number of ether oxygens (including phenoxy) is 1. The van der Waals surface area contributed by atoms with Crippen LogP contribution in [0, 0.1) is 19.8 Å². The molecule has 1 atom stereocenters. The van der Waals surface area contributed by atoms with E-state index >= 15 is 0 Å². The van der Waals surface area contributed by atoms with Gasteiger partial charge in [0, 0.05) is 18.8 Å². The molecule has 1 aliphatic heterocycles. The van der Waals surface area contributed by atoms with E-state index in [1.807, 2.05) is 13.8 Å². The van der Waals surface area contributed by atoms with Crippen LogP contribution in [0.2, 0.25) is 0 Å². The first kappa shape index (κ1) is 23.0.